The van der Waals surface area contributed by atoms with E-state index < -0.39 is 0 Å². The van der Waals surface area contributed by atoms with Gasteiger partial charge in [0.05, 0.1) is 0 Å². The fourth-order valence-electron chi connectivity index (χ4n) is 3.23. The second-order valence-electron chi connectivity index (χ2n) is 6.91. The Balaban J connectivity index is 1.89. The SMILES string of the molecule is CC(C)(CNC(=O)c1ccc(CN)cc1)C1CCCCC1. The van der Waals surface area contributed by atoms with Gasteiger partial charge in [-0.1, -0.05) is 45.2 Å². The van der Waals surface area contributed by atoms with Gasteiger partial charge in [-0.15, -0.1) is 0 Å². The molecule has 1 fully saturated rings. The smallest absolute Gasteiger partial charge is 0.251 e. The van der Waals surface area contributed by atoms with Gasteiger partial charge in [0.15, 0.2) is 0 Å². The third kappa shape index (κ3) is 4.31. The van der Waals surface area contributed by atoms with E-state index in [-0.39, 0.29) is 11.3 Å². The van der Waals surface area contributed by atoms with Crippen molar-refractivity contribution in [1.29, 1.82) is 0 Å². The van der Waals surface area contributed by atoms with Crippen molar-refractivity contribution in [2.75, 3.05) is 6.54 Å². The highest BCUT2D eigenvalue weighted by atomic mass is 16.1. The van der Waals surface area contributed by atoms with Crippen molar-refractivity contribution in [3.63, 3.8) is 0 Å². The van der Waals surface area contributed by atoms with Crippen LogP contribution in [0.15, 0.2) is 24.3 Å². The zero-order chi connectivity index (χ0) is 15.3. The molecule has 2 rings (SSSR count). The van der Waals surface area contributed by atoms with Crippen LogP contribution in [0.4, 0.5) is 0 Å². The average molecular weight is 288 g/mol. The molecule has 3 N–H and O–H groups in total. The molecule has 1 aromatic rings. The number of nitrogens with one attached hydrogen (secondary N) is 1. The van der Waals surface area contributed by atoms with E-state index in [0.717, 1.165) is 18.0 Å². The fraction of sp³-hybridized carbons (Fsp3) is 0.611. The maximum atomic E-state index is 12.2. The van der Waals surface area contributed by atoms with Gasteiger partial charge in [0.1, 0.15) is 0 Å². The van der Waals surface area contributed by atoms with Crippen molar-refractivity contribution in [3.05, 3.63) is 35.4 Å². The highest BCUT2D eigenvalue weighted by Crippen LogP contribution is 2.37. The molecule has 3 heteroatoms. The summed E-state index contributed by atoms with van der Waals surface area (Å²) in [6.45, 7) is 5.81. The van der Waals surface area contributed by atoms with E-state index in [2.05, 4.69) is 19.2 Å². The minimum atomic E-state index is 0.0162. The van der Waals surface area contributed by atoms with Gasteiger partial charge in [-0.3, -0.25) is 4.79 Å². The molecule has 1 amide bonds. The summed E-state index contributed by atoms with van der Waals surface area (Å²) in [7, 11) is 0. The summed E-state index contributed by atoms with van der Waals surface area (Å²) >= 11 is 0. The summed E-state index contributed by atoms with van der Waals surface area (Å²) in [6, 6.07) is 7.54. The van der Waals surface area contributed by atoms with E-state index in [9.17, 15) is 4.79 Å². The molecule has 0 bridgehead atoms. The van der Waals surface area contributed by atoms with Crippen LogP contribution in [0, 0.1) is 11.3 Å². The Morgan fingerprint density at radius 3 is 2.38 bits per heavy atom. The van der Waals surface area contributed by atoms with Crippen LogP contribution in [0.1, 0.15) is 61.9 Å². The summed E-state index contributed by atoms with van der Waals surface area (Å²) < 4.78 is 0. The first kappa shape index (κ1) is 16.0. The molecule has 0 aromatic heterocycles. The molecule has 0 atom stereocenters. The lowest BCUT2D eigenvalue weighted by molar-refractivity contribution is 0.0899. The molecule has 0 saturated heterocycles. The highest BCUT2D eigenvalue weighted by Gasteiger charge is 2.30. The van der Waals surface area contributed by atoms with Crippen LogP contribution in [0.25, 0.3) is 0 Å². The van der Waals surface area contributed by atoms with Crippen molar-refractivity contribution >= 4 is 5.91 Å². The predicted octanol–water partition coefficient (Wildman–Crippen LogP) is 3.48. The Morgan fingerprint density at radius 2 is 1.81 bits per heavy atom. The Hall–Kier alpha value is -1.35. The molecule has 0 aliphatic heterocycles. The summed E-state index contributed by atoms with van der Waals surface area (Å²) in [6.07, 6.45) is 6.64. The van der Waals surface area contributed by atoms with Gasteiger partial charge in [0.25, 0.3) is 5.91 Å². The molecule has 116 valence electrons. The zero-order valence-corrected chi connectivity index (χ0v) is 13.3. The zero-order valence-electron chi connectivity index (χ0n) is 13.3. The van der Waals surface area contributed by atoms with Crippen LogP contribution in [0.2, 0.25) is 0 Å². The minimum absolute atomic E-state index is 0.0162. The van der Waals surface area contributed by atoms with E-state index in [1.54, 1.807) is 0 Å². The first-order chi connectivity index (χ1) is 10.0. The third-order valence-corrected chi connectivity index (χ3v) is 4.87. The quantitative estimate of drug-likeness (QED) is 0.871. The first-order valence-corrected chi connectivity index (χ1v) is 8.10. The van der Waals surface area contributed by atoms with Crippen LogP contribution in [0.5, 0.6) is 0 Å². The molecule has 1 aliphatic rings. The molecule has 1 aliphatic carbocycles. The number of benzene rings is 1. The summed E-state index contributed by atoms with van der Waals surface area (Å²) in [5.74, 6) is 0.744. The molecular formula is C18H28N2O. The van der Waals surface area contributed by atoms with Crippen LogP contribution < -0.4 is 11.1 Å². The minimum Gasteiger partial charge on any atom is -0.351 e. The first-order valence-electron chi connectivity index (χ1n) is 8.10. The lowest BCUT2D eigenvalue weighted by atomic mass is 9.71. The van der Waals surface area contributed by atoms with E-state index in [4.69, 9.17) is 5.73 Å². The van der Waals surface area contributed by atoms with Crippen molar-refractivity contribution in [2.45, 2.75) is 52.5 Å². The Bertz CT molecular complexity index is 459. The number of carbonyl (C=O) groups is 1. The molecule has 1 saturated carbocycles. The number of carbonyl (C=O) groups excluding carboxylic acids is 1. The topological polar surface area (TPSA) is 55.1 Å². The van der Waals surface area contributed by atoms with Crippen LogP contribution in [-0.4, -0.2) is 12.5 Å². The van der Waals surface area contributed by atoms with Crippen LogP contribution >= 0.6 is 0 Å². The molecule has 0 spiro atoms. The maximum absolute atomic E-state index is 12.2. The van der Waals surface area contributed by atoms with Crippen LogP contribution in [-0.2, 0) is 6.54 Å². The molecular weight excluding hydrogens is 260 g/mol. The maximum Gasteiger partial charge on any atom is 0.251 e. The number of nitrogens with two attached hydrogens (primary N) is 1. The molecule has 0 heterocycles. The molecule has 1 aromatic carbocycles. The lowest BCUT2D eigenvalue weighted by Crippen LogP contribution is -2.39. The standard InChI is InChI=1S/C18H28N2O/c1-18(2,16-6-4-3-5-7-16)13-20-17(21)15-10-8-14(12-19)9-11-15/h8-11,16H,3-7,12-13,19H2,1-2H3,(H,20,21). The van der Waals surface area contributed by atoms with Gasteiger partial charge in [0.2, 0.25) is 0 Å². The monoisotopic (exact) mass is 288 g/mol. The van der Waals surface area contributed by atoms with Gasteiger partial charge in [-0.25, -0.2) is 0 Å². The molecule has 0 unspecified atom stereocenters. The fourth-order valence-corrected chi connectivity index (χ4v) is 3.23. The normalized spacial score (nSPS) is 16.7. The van der Waals surface area contributed by atoms with E-state index in [1.165, 1.54) is 32.1 Å². The molecule has 21 heavy (non-hydrogen) atoms. The largest absolute Gasteiger partial charge is 0.351 e. The van der Waals surface area contributed by atoms with Crippen LogP contribution in [0.3, 0.4) is 0 Å². The number of rotatable bonds is 5. The summed E-state index contributed by atoms with van der Waals surface area (Å²) in [4.78, 5) is 12.2. The van der Waals surface area contributed by atoms with Gasteiger partial charge in [-0.05, 0) is 41.9 Å². The van der Waals surface area contributed by atoms with Gasteiger partial charge < -0.3 is 11.1 Å². The lowest BCUT2D eigenvalue weighted by Gasteiger charge is -2.37. The Morgan fingerprint density at radius 1 is 1.19 bits per heavy atom. The second kappa shape index (κ2) is 7.08. The Labute approximate surface area is 128 Å². The van der Waals surface area contributed by atoms with Crippen molar-refractivity contribution in [1.82, 2.24) is 5.32 Å². The summed E-state index contributed by atoms with van der Waals surface area (Å²) in [5, 5.41) is 3.10. The number of amides is 1. The van der Waals surface area contributed by atoms with E-state index in [0.29, 0.717) is 12.1 Å². The predicted molar refractivity (Wildman–Crippen MR) is 87.0 cm³/mol. The number of hydrogen-bond donors (Lipinski definition) is 2. The van der Waals surface area contributed by atoms with Crippen molar-refractivity contribution < 1.29 is 4.79 Å². The van der Waals surface area contributed by atoms with Crippen molar-refractivity contribution in [3.8, 4) is 0 Å². The van der Waals surface area contributed by atoms with E-state index >= 15 is 0 Å². The average Bonchev–Trinajstić information content (AvgIpc) is 2.53. The van der Waals surface area contributed by atoms with Gasteiger partial charge >= 0.3 is 0 Å². The van der Waals surface area contributed by atoms with Gasteiger partial charge in [0, 0.05) is 18.7 Å². The van der Waals surface area contributed by atoms with Gasteiger partial charge in [-0.2, -0.15) is 0 Å². The third-order valence-electron chi connectivity index (χ3n) is 4.87. The molecule has 0 radical (unpaired) electrons. The summed E-state index contributed by atoms with van der Waals surface area (Å²) in [5.41, 5.74) is 7.51. The van der Waals surface area contributed by atoms with Crippen molar-refractivity contribution in [2.24, 2.45) is 17.1 Å². The highest BCUT2D eigenvalue weighted by molar-refractivity contribution is 5.94. The number of hydrogen-bond acceptors (Lipinski definition) is 2. The molecule has 3 nitrogen and oxygen atoms in total. The Kier molecular flexibility index (Phi) is 5.40. The second-order valence-corrected chi connectivity index (χ2v) is 6.91. The van der Waals surface area contributed by atoms with E-state index in [1.807, 2.05) is 24.3 Å².